The molecule has 0 N–H and O–H groups in total. The van der Waals surface area contributed by atoms with E-state index in [1.807, 2.05) is 0 Å². The van der Waals surface area contributed by atoms with Crippen LogP contribution in [0.3, 0.4) is 0 Å². The number of anilines is 1. The highest BCUT2D eigenvalue weighted by molar-refractivity contribution is 5.81. The number of halogens is 1. The Labute approximate surface area is 198 Å². The normalized spacial score (nSPS) is 14.3. The fourth-order valence-corrected chi connectivity index (χ4v) is 4.32. The van der Waals surface area contributed by atoms with E-state index >= 15 is 0 Å². The first-order valence-electron chi connectivity index (χ1n) is 11.0. The number of methoxy groups -OCH3 is 1. The van der Waals surface area contributed by atoms with Gasteiger partial charge in [0.25, 0.3) is 5.56 Å². The standard InChI is InChI=1S/C25H27FN6O2/c1-27-20-8-6-16(14-19(20)26)23-22(17-7-9-21(34-5)28-15-17)24(33)31(4)25(29-23)32-12-10-18(11-13-32)30(2)3/h6-9,14-15,18H,10-13H2,2-5H3. The SMILES string of the molecule is [C-]#[N+]c1ccc(-c2nc(N3CCC(N(C)C)CC3)n(C)c(=O)c2-c2ccc(OC)nc2)cc1F. The Morgan fingerprint density at radius 2 is 1.88 bits per heavy atom. The molecule has 1 fully saturated rings. The second-order valence-corrected chi connectivity index (χ2v) is 8.55. The topological polar surface area (TPSA) is 67.9 Å². The summed E-state index contributed by atoms with van der Waals surface area (Å²) in [6.45, 7) is 8.66. The monoisotopic (exact) mass is 462 g/mol. The molecule has 1 aliphatic rings. The van der Waals surface area contributed by atoms with Crippen molar-refractivity contribution in [2.24, 2.45) is 7.05 Å². The Morgan fingerprint density at radius 1 is 1.18 bits per heavy atom. The molecule has 0 aliphatic carbocycles. The van der Waals surface area contributed by atoms with Crippen LogP contribution in [0.25, 0.3) is 27.2 Å². The number of aromatic nitrogens is 3. The van der Waals surface area contributed by atoms with Crippen LogP contribution in [-0.2, 0) is 7.05 Å². The number of nitrogens with zero attached hydrogens (tertiary/aromatic N) is 6. The molecule has 1 aromatic carbocycles. The van der Waals surface area contributed by atoms with Gasteiger partial charge in [-0.25, -0.2) is 19.2 Å². The molecular formula is C25H27FN6O2. The number of ether oxygens (including phenoxy) is 1. The van der Waals surface area contributed by atoms with Crippen LogP contribution in [0.4, 0.5) is 16.0 Å². The molecule has 8 nitrogen and oxygen atoms in total. The highest BCUT2D eigenvalue weighted by atomic mass is 19.1. The van der Waals surface area contributed by atoms with Gasteiger partial charge in [-0.2, -0.15) is 0 Å². The van der Waals surface area contributed by atoms with Crippen molar-refractivity contribution in [2.75, 3.05) is 39.2 Å². The molecule has 1 aliphatic heterocycles. The third-order valence-electron chi connectivity index (χ3n) is 6.32. The summed E-state index contributed by atoms with van der Waals surface area (Å²) < 4.78 is 21.2. The van der Waals surface area contributed by atoms with Gasteiger partial charge in [0.05, 0.1) is 24.9 Å². The van der Waals surface area contributed by atoms with E-state index in [1.165, 1.54) is 19.2 Å². The van der Waals surface area contributed by atoms with E-state index in [9.17, 15) is 9.18 Å². The molecule has 0 amide bonds. The van der Waals surface area contributed by atoms with Gasteiger partial charge in [-0.05, 0) is 39.1 Å². The van der Waals surface area contributed by atoms with Crippen LogP contribution < -0.4 is 15.2 Å². The van der Waals surface area contributed by atoms with E-state index in [4.69, 9.17) is 16.3 Å². The lowest BCUT2D eigenvalue weighted by molar-refractivity contribution is 0.248. The van der Waals surface area contributed by atoms with E-state index < -0.39 is 5.82 Å². The number of piperidine rings is 1. The second kappa shape index (κ2) is 9.61. The highest BCUT2D eigenvalue weighted by Crippen LogP contribution is 2.33. The zero-order chi connectivity index (χ0) is 24.4. The van der Waals surface area contributed by atoms with Crippen molar-refractivity contribution in [3.05, 3.63) is 64.1 Å². The van der Waals surface area contributed by atoms with Gasteiger partial charge >= 0.3 is 0 Å². The number of hydrogen-bond donors (Lipinski definition) is 0. The summed E-state index contributed by atoms with van der Waals surface area (Å²) in [7, 11) is 7.37. The summed E-state index contributed by atoms with van der Waals surface area (Å²) in [5.41, 5.74) is 1.33. The van der Waals surface area contributed by atoms with Crippen molar-refractivity contribution in [1.29, 1.82) is 0 Å². The third-order valence-corrected chi connectivity index (χ3v) is 6.32. The van der Waals surface area contributed by atoms with Crippen LogP contribution in [-0.4, -0.2) is 59.8 Å². The molecule has 2 aromatic heterocycles. The molecule has 0 saturated carbocycles. The highest BCUT2D eigenvalue weighted by Gasteiger charge is 2.26. The fraction of sp³-hybridized carbons (Fsp3) is 0.360. The van der Waals surface area contributed by atoms with E-state index in [2.05, 4.69) is 33.7 Å². The molecule has 0 radical (unpaired) electrons. The van der Waals surface area contributed by atoms with Crippen molar-refractivity contribution in [3.63, 3.8) is 0 Å². The number of hydrogen-bond acceptors (Lipinski definition) is 6. The van der Waals surface area contributed by atoms with Gasteiger partial charge in [0.2, 0.25) is 17.5 Å². The Kier molecular flexibility index (Phi) is 6.61. The van der Waals surface area contributed by atoms with E-state index in [1.54, 1.807) is 36.0 Å². The van der Waals surface area contributed by atoms with Crippen LogP contribution in [0.2, 0.25) is 0 Å². The lowest BCUT2D eigenvalue weighted by Crippen LogP contribution is -2.44. The number of pyridine rings is 1. The molecule has 4 rings (SSSR count). The molecule has 3 heterocycles. The molecule has 176 valence electrons. The third kappa shape index (κ3) is 4.37. The quantitative estimate of drug-likeness (QED) is 0.538. The fourth-order valence-electron chi connectivity index (χ4n) is 4.32. The first kappa shape index (κ1) is 23.4. The largest absolute Gasteiger partial charge is 0.481 e. The maximum absolute atomic E-state index is 14.6. The number of rotatable bonds is 5. The molecule has 0 unspecified atom stereocenters. The lowest BCUT2D eigenvalue weighted by atomic mass is 10.0. The average molecular weight is 463 g/mol. The summed E-state index contributed by atoms with van der Waals surface area (Å²) in [6, 6.07) is 8.18. The van der Waals surface area contributed by atoms with Gasteiger partial charge in [-0.15, -0.1) is 0 Å². The Bertz CT molecular complexity index is 1290. The van der Waals surface area contributed by atoms with Crippen LogP contribution in [0, 0.1) is 12.4 Å². The summed E-state index contributed by atoms with van der Waals surface area (Å²) in [5, 5.41) is 0. The van der Waals surface area contributed by atoms with Gasteiger partial charge in [-0.1, -0.05) is 12.1 Å². The lowest BCUT2D eigenvalue weighted by Gasteiger charge is -2.36. The molecule has 1 saturated heterocycles. The van der Waals surface area contributed by atoms with Crippen LogP contribution in [0.15, 0.2) is 41.3 Å². The van der Waals surface area contributed by atoms with Crippen molar-refractivity contribution < 1.29 is 9.13 Å². The maximum atomic E-state index is 14.6. The molecule has 9 heteroatoms. The average Bonchev–Trinajstić information content (AvgIpc) is 2.85. The summed E-state index contributed by atoms with van der Waals surface area (Å²) in [4.78, 5) is 30.3. The van der Waals surface area contributed by atoms with Crippen molar-refractivity contribution in [1.82, 2.24) is 19.4 Å². The second-order valence-electron chi connectivity index (χ2n) is 8.55. The molecule has 0 spiro atoms. The van der Waals surface area contributed by atoms with Gasteiger partial charge < -0.3 is 14.5 Å². The molecule has 3 aromatic rings. The minimum Gasteiger partial charge on any atom is -0.481 e. The maximum Gasteiger partial charge on any atom is 0.263 e. The first-order valence-corrected chi connectivity index (χ1v) is 11.0. The van der Waals surface area contributed by atoms with Crippen molar-refractivity contribution in [3.8, 4) is 28.3 Å². The Morgan fingerprint density at radius 3 is 2.44 bits per heavy atom. The van der Waals surface area contributed by atoms with Crippen LogP contribution in [0.1, 0.15) is 12.8 Å². The molecular weight excluding hydrogens is 435 g/mol. The zero-order valence-electron chi connectivity index (χ0n) is 19.7. The van der Waals surface area contributed by atoms with E-state index in [0.29, 0.717) is 40.3 Å². The van der Waals surface area contributed by atoms with Crippen LogP contribution in [0.5, 0.6) is 5.88 Å². The van der Waals surface area contributed by atoms with Gasteiger partial charge in [0.15, 0.2) is 0 Å². The van der Waals surface area contributed by atoms with E-state index in [-0.39, 0.29) is 11.2 Å². The summed E-state index contributed by atoms with van der Waals surface area (Å²) >= 11 is 0. The summed E-state index contributed by atoms with van der Waals surface area (Å²) in [6.07, 6.45) is 3.46. The number of benzene rings is 1. The van der Waals surface area contributed by atoms with Crippen molar-refractivity contribution in [2.45, 2.75) is 18.9 Å². The Hall–Kier alpha value is -3.77. The smallest absolute Gasteiger partial charge is 0.263 e. The predicted octanol–water partition coefficient (Wildman–Crippen LogP) is 3.74. The zero-order valence-corrected chi connectivity index (χ0v) is 19.7. The first-order chi connectivity index (χ1) is 16.3. The predicted molar refractivity (Wildman–Crippen MR) is 130 cm³/mol. The van der Waals surface area contributed by atoms with E-state index in [0.717, 1.165) is 25.9 Å². The minimum absolute atomic E-state index is 0.0776. The van der Waals surface area contributed by atoms with Gasteiger partial charge in [0, 0.05) is 49.6 Å². The minimum atomic E-state index is -0.651. The Balaban J connectivity index is 1.88. The summed E-state index contributed by atoms with van der Waals surface area (Å²) in [5.74, 6) is 0.308. The van der Waals surface area contributed by atoms with Crippen molar-refractivity contribution >= 4 is 11.6 Å². The van der Waals surface area contributed by atoms with Gasteiger partial charge in [0.1, 0.15) is 5.82 Å². The molecule has 0 bridgehead atoms. The molecule has 34 heavy (non-hydrogen) atoms. The molecule has 0 atom stereocenters. The van der Waals surface area contributed by atoms with Crippen LogP contribution >= 0.6 is 0 Å². The van der Waals surface area contributed by atoms with Gasteiger partial charge in [-0.3, -0.25) is 9.36 Å².